The molecule has 1 aromatic rings. The minimum Gasteiger partial charge on any atom is -0.0530 e. The normalized spacial score (nSPS) is 43.0. The lowest BCUT2D eigenvalue weighted by molar-refractivity contribution is -0.00533. The van der Waals surface area contributed by atoms with Crippen LogP contribution in [0.1, 0.15) is 44.1 Å². The first kappa shape index (κ1) is 10.6. The van der Waals surface area contributed by atoms with E-state index in [1.165, 1.54) is 48.6 Å². The minimum absolute atomic E-state index is 0.499. The highest BCUT2D eigenvalue weighted by Gasteiger charge is 2.51. The Hall–Kier alpha value is -0.300. The van der Waals surface area contributed by atoms with Gasteiger partial charge in [-0.05, 0) is 85.5 Å². The molecule has 4 fully saturated rings. The van der Waals surface area contributed by atoms with Crippen LogP contribution in [0.5, 0.6) is 0 Å². The summed E-state index contributed by atoms with van der Waals surface area (Å²) in [6.07, 6.45) is 8.87. The van der Waals surface area contributed by atoms with E-state index >= 15 is 0 Å². The van der Waals surface area contributed by atoms with Crippen LogP contribution in [0, 0.1) is 23.8 Å². The fourth-order valence-corrected chi connectivity index (χ4v) is 5.55. The lowest BCUT2D eigenvalue weighted by atomic mass is 9.48. The number of hydrogen-bond donors (Lipinski definition) is 0. The Balaban J connectivity index is 1.77. The van der Waals surface area contributed by atoms with Gasteiger partial charge in [0.15, 0.2) is 0 Å². The van der Waals surface area contributed by atoms with Gasteiger partial charge in [0.25, 0.3) is 0 Å². The maximum Gasteiger partial charge on any atom is 0.0178 e. The Bertz CT molecular complexity index is 413. The molecule has 5 rings (SSSR count). The van der Waals surface area contributed by atoms with Crippen LogP contribution in [0.2, 0.25) is 0 Å². The van der Waals surface area contributed by atoms with Gasteiger partial charge in [0.1, 0.15) is 0 Å². The van der Waals surface area contributed by atoms with E-state index < -0.39 is 0 Å². The van der Waals surface area contributed by atoms with Gasteiger partial charge >= 0.3 is 0 Å². The van der Waals surface area contributed by atoms with Gasteiger partial charge in [0, 0.05) is 4.47 Å². The van der Waals surface area contributed by atoms with Crippen molar-refractivity contribution in [2.45, 2.75) is 43.9 Å². The average Bonchev–Trinajstić information content (AvgIpc) is 2.27. The SMILES string of the molecule is Brc1cc[c]c(C23CC4CC(CC(C4)C2)C3)c1. The van der Waals surface area contributed by atoms with Gasteiger partial charge in [0.05, 0.1) is 0 Å². The zero-order chi connectivity index (χ0) is 11.5. The van der Waals surface area contributed by atoms with Crippen LogP contribution in [0.25, 0.3) is 0 Å². The van der Waals surface area contributed by atoms with Gasteiger partial charge in [-0.2, -0.15) is 0 Å². The zero-order valence-corrected chi connectivity index (χ0v) is 11.7. The largest absolute Gasteiger partial charge is 0.0530 e. The van der Waals surface area contributed by atoms with E-state index in [-0.39, 0.29) is 0 Å². The summed E-state index contributed by atoms with van der Waals surface area (Å²) in [6, 6.07) is 10.1. The van der Waals surface area contributed by atoms with Crippen molar-refractivity contribution in [3.05, 3.63) is 34.3 Å². The molecule has 89 valence electrons. The van der Waals surface area contributed by atoms with Crippen molar-refractivity contribution in [2.75, 3.05) is 0 Å². The Morgan fingerprint density at radius 3 is 2.18 bits per heavy atom. The van der Waals surface area contributed by atoms with Gasteiger partial charge in [-0.25, -0.2) is 0 Å². The molecule has 1 heteroatoms. The van der Waals surface area contributed by atoms with Gasteiger partial charge in [-0.15, -0.1) is 0 Å². The maximum absolute atomic E-state index is 3.62. The highest BCUT2D eigenvalue weighted by molar-refractivity contribution is 9.10. The summed E-state index contributed by atoms with van der Waals surface area (Å²) in [5, 5.41) is 0. The van der Waals surface area contributed by atoms with E-state index in [9.17, 15) is 0 Å². The molecule has 1 aromatic carbocycles. The van der Waals surface area contributed by atoms with Crippen LogP contribution < -0.4 is 0 Å². The lowest BCUT2D eigenvalue weighted by Gasteiger charge is -2.57. The Labute approximate surface area is 112 Å². The van der Waals surface area contributed by atoms with Gasteiger partial charge in [-0.1, -0.05) is 22.0 Å². The van der Waals surface area contributed by atoms with E-state index in [0.29, 0.717) is 5.41 Å². The zero-order valence-electron chi connectivity index (χ0n) is 10.1. The Morgan fingerprint density at radius 2 is 1.65 bits per heavy atom. The summed E-state index contributed by atoms with van der Waals surface area (Å²) >= 11 is 3.62. The summed E-state index contributed by atoms with van der Waals surface area (Å²) in [5.41, 5.74) is 1.99. The molecule has 0 aliphatic heterocycles. The third-order valence-corrected chi connectivity index (χ3v) is 5.87. The van der Waals surface area contributed by atoms with Gasteiger partial charge < -0.3 is 0 Å². The molecule has 0 aromatic heterocycles. The molecule has 4 aliphatic rings. The molecule has 4 bridgehead atoms. The fraction of sp³-hybridized carbons (Fsp3) is 0.625. The number of hydrogen-bond acceptors (Lipinski definition) is 0. The second kappa shape index (κ2) is 3.60. The van der Waals surface area contributed by atoms with Crippen molar-refractivity contribution < 1.29 is 0 Å². The number of halogens is 1. The minimum atomic E-state index is 0.499. The lowest BCUT2D eigenvalue weighted by Crippen LogP contribution is -2.48. The highest BCUT2D eigenvalue weighted by atomic mass is 79.9. The van der Waals surface area contributed by atoms with Crippen molar-refractivity contribution in [1.82, 2.24) is 0 Å². The van der Waals surface area contributed by atoms with Crippen LogP contribution in [0.3, 0.4) is 0 Å². The summed E-state index contributed by atoms with van der Waals surface area (Å²) in [4.78, 5) is 0. The van der Waals surface area contributed by atoms with Gasteiger partial charge in [0.2, 0.25) is 0 Å². The monoisotopic (exact) mass is 289 g/mol. The van der Waals surface area contributed by atoms with Crippen LogP contribution in [0.15, 0.2) is 22.7 Å². The summed E-state index contributed by atoms with van der Waals surface area (Å²) in [5.74, 6) is 3.07. The maximum atomic E-state index is 3.62. The van der Waals surface area contributed by atoms with Crippen LogP contribution >= 0.6 is 15.9 Å². The molecule has 0 N–H and O–H groups in total. The molecule has 0 atom stereocenters. The standard InChI is InChI=1S/C16H18Br/c17-15-3-1-2-14(7-15)16-8-11-4-12(9-16)6-13(5-11)10-16/h1,3,7,11-13H,4-6,8-10H2. The smallest absolute Gasteiger partial charge is 0.0178 e. The van der Waals surface area contributed by atoms with Crippen molar-refractivity contribution in [3.8, 4) is 0 Å². The first-order chi connectivity index (χ1) is 8.23. The summed E-state index contributed by atoms with van der Waals surface area (Å²) < 4.78 is 1.22. The highest BCUT2D eigenvalue weighted by Crippen LogP contribution is 2.60. The molecule has 0 spiro atoms. The summed E-state index contributed by atoms with van der Waals surface area (Å²) in [6.45, 7) is 0. The summed E-state index contributed by atoms with van der Waals surface area (Å²) in [7, 11) is 0. The average molecular weight is 290 g/mol. The molecule has 0 heterocycles. The Kier molecular flexibility index (Phi) is 2.25. The van der Waals surface area contributed by atoms with Crippen LogP contribution in [-0.2, 0) is 5.41 Å². The molecule has 0 nitrogen and oxygen atoms in total. The molecule has 17 heavy (non-hydrogen) atoms. The van der Waals surface area contributed by atoms with Crippen LogP contribution in [0.4, 0.5) is 0 Å². The number of benzene rings is 1. The predicted octanol–water partition coefficient (Wildman–Crippen LogP) is 4.72. The Morgan fingerprint density at radius 1 is 1.06 bits per heavy atom. The molecular weight excluding hydrogens is 272 g/mol. The topological polar surface area (TPSA) is 0 Å². The van der Waals surface area contributed by atoms with E-state index in [0.717, 1.165) is 17.8 Å². The van der Waals surface area contributed by atoms with Crippen molar-refractivity contribution >= 4 is 15.9 Å². The molecular formula is C16H18Br. The molecule has 1 radical (unpaired) electrons. The van der Waals surface area contributed by atoms with E-state index in [1.807, 2.05) is 0 Å². The molecule has 0 saturated heterocycles. The predicted molar refractivity (Wildman–Crippen MR) is 72.8 cm³/mol. The first-order valence-electron chi connectivity index (χ1n) is 6.91. The fourth-order valence-electron chi connectivity index (χ4n) is 5.19. The van der Waals surface area contributed by atoms with Crippen LogP contribution in [-0.4, -0.2) is 0 Å². The van der Waals surface area contributed by atoms with Crippen molar-refractivity contribution in [2.24, 2.45) is 17.8 Å². The third kappa shape index (κ3) is 1.62. The van der Waals surface area contributed by atoms with E-state index in [2.05, 4.69) is 40.2 Å². The second-order valence-electron chi connectivity index (χ2n) is 6.62. The third-order valence-electron chi connectivity index (χ3n) is 5.37. The molecule has 4 saturated carbocycles. The number of rotatable bonds is 1. The van der Waals surface area contributed by atoms with E-state index in [1.54, 1.807) is 0 Å². The van der Waals surface area contributed by atoms with Crippen molar-refractivity contribution in [3.63, 3.8) is 0 Å². The first-order valence-corrected chi connectivity index (χ1v) is 7.70. The molecule has 0 unspecified atom stereocenters. The van der Waals surface area contributed by atoms with Gasteiger partial charge in [-0.3, -0.25) is 0 Å². The molecule has 0 amide bonds. The molecule has 4 aliphatic carbocycles. The second-order valence-corrected chi connectivity index (χ2v) is 7.53. The quantitative estimate of drug-likeness (QED) is 0.702. The van der Waals surface area contributed by atoms with Crippen molar-refractivity contribution in [1.29, 1.82) is 0 Å². The van der Waals surface area contributed by atoms with E-state index in [4.69, 9.17) is 0 Å².